The van der Waals surface area contributed by atoms with Gasteiger partial charge in [-0.1, -0.05) is 30.3 Å². The van der Waals surface area contributed by atoms with Crippen molar-refractivity contribution < 1.29 is 9.13 Å². The third-order valence-corrected chi connectivity index (χ3v) is 4.84. The van der Waals surface area contributed by atoms with Crippen LogP contribution in [0.3, 0.4) is 0 Å². The van der Waals surface area contributed by atoms with Crippen molar-refractivity contribution in [3.63, 3.8) is 0 Å². The van der Waals surface area contributed by atoms with Gasteiger partial charge in [0.2, 0.25) is 0 Å². The van der Waals surface area contributed by atoms with Gasteiger partial charge in [-0.3, -0.25) is 0 Å². The number of hydrogen-bond acceptors (Lipinski definition) is 2. The minimum absolute atomic E-state index is 0.0255. The minimum Gasteiger partial charge on any atom is -0.377 e. The topological polar surface area (TPSA) is 24.6 Å². The Morgan fingerprint density at radius 1 is 1.05 bits per heavy atom. The summed E-state index contributed by atoms with van der Waals surface area (Å²) in [5.74, 6) is 0.194. The Kier molecular flexibility index (Phi) is 1.96. The lowest BCUT2D eigenvalue weighted by atomic mass is 9.79. The first-order valence-corrected chi connectivity index (χ1v) is 7.12. The molecule has 20 heavy (non-hydrogen) atoms. The van der Waals surface area contributed by atoms with Crippen molar-refractivity contribution in [2.75, 3.05) is 5.32 Å². The largest absolute Gasteiger partial charge is 0.377 e. The molecule has 2 aromatic carbocycles. The van der Waals surface area contributed by atoms with E-state index < -0.39 is 0 Å². The molecule has 2 nitrogen and oxygen atoms in total. The summed E-state index contributed by atoms with van der Waals surface area (Å²) in [7, 11) is 0. The zero-order valence-electron chi connectivity index (χ0n) is 10.8. The van der Waals surface area contributed by atoms with Gasteiger partial charge in [0.15, 0.2) is 0 Å². The molecule has 1 saturated heterocycles. The van der Waals surface area contributed by atoms with Crippen LogP contribution < -0.4 is 5.32 Å². The van der Waals surface area contributed by atoms with Crippen molar-refractivity contribution in [3.8, 4) is 0 Å². The first-order chi connectivity index (χ1) is 9.83. The highest BCUT2D eigenvalue weighted by molar-refractivity contribution is 5.66. The molecular weight excluding hydrogens is 253 g/mol. The molecule has 3 aliphatic rings. The van der Waals surface area contributed by atoms with Gasteiger partial charge in [-0.25, -0.2) is 4.39 Å². The second kappa shape index (κ2) is 3.61. The number of nitrogens with one attached hydrogen (secondary N) is 1. The van der Waals surface area contributed by atoms with Crippen molar-refractivity contribution in [1.29, 1.82) is 0 Å². The van der Waals surface area contributed by atoms with Crippen molar-refractivity contribution in [2.45, 2.75) is 30.6 Å². The van der Waals surface area contributed by atoms with Crippen LogP contribution >= 0.6 is 0 Å². The fourth-order valence-electron chi connectivity index (χ4n) is 3.93. The molecule has 1 aliphatic carbocycles. The lowest BCUT2D eigenvalue weighted by Crippen LogP contribution is -2.17. The van der Waals surface area contributed by atoms with Crippen molar-refractivity contribution in [3.05, 3.63) is 65.0 Å². The monoisotopic (exact) mass is 267 g/mol. The van der Waals surface area contributed by atoms with Gasteiger partial charge in [0, 0.05) is 17.2 Å². The Morgan fingerprint density at radius 3 is 2.80 bits per heavy atom. The second-order valence-corrected chi connectivity index (χ2v) is 5.89. The second-order valence-electron chi connectivity index (χ2n) is 5.89. The molecule has 0 spiro atoms. The number of epoxide rings is 1. The molecule has 5 rings (SSSR count). The van der Waals surface area contributed by atoms with E-state index in [4.69, 9.17) is 4.74 Å². The Balaban J connectivity index is 1.66. The maximum atomic E-state index is 14.1. The minimum atomic E-state index is -0.127. The number of rotatable bonds is 1. The van der Waals surface area contributed by atoms with E-state index in [2.05, 4.69) is 23.5 Å². The standard InChI is InChI=1S/C17H14FNO/c18-12-6-2-1-4-9(12)16-11-8-14-17(20-14)10-5-3-7-13(19-16)15(10)11/h1-7,11,14,16-17,19H,8H2. The number of hydrogen-bond donors (Lipinski definition) is 1. The van der Waals surface area contributed by atoms with Gasteiger partial charge in [-0.05, 0) is 29.7 Å². The third kappa shape index (κ3) is 1.31. The van der Waals surface area contributed by atoms with E-state index in [9.17, 15) is 4.39 Å². The van der Waals surface area contributed by atoms with E-state index in [0.29, 0.717) is 12.0 Å². The van der Waals surface area contributed by atoms with Crippen molar-refractivity contribution in [2.24, 2.45) is 0 Å². The summed E-state index contributed by atoms with van der Waals surface area (Å²) in [5, 5.41) is 3.52. The van der Waals surface area contributed by atoms with E-state index in [0.717, 1.165) is 17.7 Å². The average Bonchev–Trinajstić information content (AvgIpc) is 3.16. The lowest BCUT2D eigenvalue weighted by molar-refractivity contribution is 0.360. The smallest absolute Gasteiger partial charge is 0.128 e. The van der Waals surface area contributed by atoms with Gasteiger partial charge >= 0.3 is 0 Å². The SMILES string of the molecule is Fc1ccccc1C1Nc2cccc3c2C1CC1OC31. The van der Waals surface area contributed by atoms with Gasteiger partial charge in [0.05, 0.1) is 12.1 Å². The summed E-state index contributed by atoms with van der Waals surface area (Å²) in [6, 6.07) is 13.4. The van der Waals surface area contributed by atoms with Crippen LogP contribution in [0.1, 0.15) is 41.2 Å². The maximum Gasteiger partial charge on any atom is 0.128 e. The number of ether oxygens (including phenoxy) is 1. The van der Waals surface area contributed by atoms with Crippen LogP contribution in [0.5, 0.6) is 0 Å². The van der Waals surface area contributed by atoms with Crippen LogP contribution in [0.25, 0.3) is 0 Å². The van der Waals surface area contributed by atoms with Crippen LogP contribution in [-0.2, 0) is 4.74 Å². The molecule has 4 unspecified atom stereocenters. The van der Waals surface area contributed by atoms with Crippen LogP contribution in [-0.4, -0.2) is 6.10 Å². The van der Waals surface area contributed by atoms with Crippen LogP contribution in [0.4, 0.5) is 10.1 Å². The summed E-state index contributed by atoms with van der Waals surface area (Å²) in [6.07, 6.45) is 1.60. The van der Waals surface area contributed by atoms with Gasteiger partial charge in [-0.15, -0.1) is 0 Å². The lowest BCUT2D eigenvalue weighted by Gasteiger charge is -2.23. The van der Waals surface area contributed by atoms with Gasteiger partial charge in [0.25, 0.3) is 0 Å². The Bertz CT molecular complexity index is 714. The highest BCUT2D eigenvalue weighted by Gasteiger charge is 2.52. The Labute approximate surface area is 116 Å². The van der Waals surface area contributed by atoms with Crippen molar-refractivity contribution >= 4 is 5.69 Å². The van der Waals surface area contributed by atoms with Gasteiger partial charge in [-0.2, -0.15) is 0 Å². The Hall–Kier alpha value is -1.87. The fraction of sp³-hybridized carbons (Fsp3) is 0.294. The van der Waals surface area contributed by atoms with E-state index in [1.807, 2.05) is 12.1 Å². The van der Waals surface area contributed by atoms with Crippen LogP contribution in [0.15, 0.2) is 42.5 Å². The molecular formula is C17H14FNO. The number of anilines is 1. The summed E-state index contributed by atoms with van der Waals surface area (Å²) in [5.41, 5.74) is 4.56. The number of fused-ring (bicyclic) bond motifs is 2. The molecule has 0 aromatic heterocycles. The molecule has 0 radical (unpaired) electrons. The molecule has 2 aliphatic heterocycles. The van der Waals surface area contributed by atoms with Crippen LogP contribution in [0, 0.1) is 5.82 Å². The number of benzene rings is 2. The molecule has 0 saturated carbocycles. The summed E-state index contributed by atoms with van der Waals surface area (Å²) in [6.45, 7) is 0. The summed E-state index contributed by atoms with van der Waals surface area (Å²) < 4.78 is 19.9. The maximum absolute atomic E-state index is 14.1. The molecule has 2 heterocycles. The van der Waals surface area contributed by atoms with E-state index in [1.54, 1.807) is 12.1 Å². The van der Waals surface area contributed by atoms with Crippen molar-refractivity contribution in [1.82, 2.24) is 0 Å². The highest BCUT2D eigenvalue weighted by atomic mass is 19.1. The highest BCUT2D eigenvalue weighted by Crippen LogP contribution is 2.59. The Morgan fingerprint density at radius 2 is 1.90 bits per heavy atom. The van der Waals surface area contributed by atoms with E-state index in [1.165, 1.54) is 11.1 Å². The first-order valence-electron chi connectivity index (χ1n) is 7.12. The summed E-state index contributed by atoms with van der Waals surface area (Å²) >= 11 is 0. The predicted molar refractivity (Wildman–Crippen MR) is 74.2 cm³/mol. The summed E-state index contributed by atoms with van der Waals surface area (Å²) in [4.78, 5) is 0. The van der Waals surface area contributed by atoms with Gasteiger partial charge < -0.3 is 10.1 Å². The molecule has 2 aromatic rings. The molecule has 4 atom stereocenters. The van der Waals surface area contributed by atoms with Crippen LogP contribution in [0.2, 0.25) is 0 Å². The first kappa shape index (κ1) is 10.9. The zero-order valence-corrected chi connectivity index (χ0v) is 10.8. The molecule has 3 heteroatoms. The van der Waals surface area contributed by atoms with E-state index in [-0.39, 0.29) is 18.0 Å². The third-order valence-electron chi connectivity index (χ3n) is 4.84. The number of halogens is 1. The van der Waals surface area contributed by atoms with Gasteiger partial charge in [0.1, 0.15) is 11.9 Å². The molecule has 1 fully saturated rings. The average molecular weight is 267 g/mol. The normalized spacial score (nSPS) is 32.2. The molecule has 1 N–H and O–H groups in total. The molecule has 0 bridgehead atoms. The van der Waals surface area contributed by atoms with E-state index >= 15 is 0 Å². The zero-order chi connectivity index (χ0) is 13.3. The quantitative estimate of drug-likeness (QED) is 0.792. The predicted octanol–water partition coefficient (Wildman–Crippen LogP) is 3.92. The fourth-order valence-corrected chi connectivity index (χ4v) is 3.93. The molecule has 0 amide bonds. The molecule has 100 valence electrons.